The van der Waals surface area contributed by atoms with Gasteiger partial charge < -0.3 is 15.4 Å². The second kappa shape index (κ2) is 8.57. The lowest BCUT2D eigenvalue weighted by molar-refractivity contribution is 0.0601. The molecule has 0 spiro atoms. The molecule has 3 rings (SSSR count). The first-order valence-corrected chi connectivity index (χ1v) is 8.26. The third-order valence-electron chi connectivity index (χ3n) is 3.76. The molecule has 0 aliphatic rings. The third kappa shape index (κ3) is 4.66. The number of rotatable bonds is 6. The summed E-state index contributed by atoms with van der Waals surface area (Å²) in [7, 11) is 1.33. The smallest absolute Gasteiger partial charge is 0.339 e. The molecule has 1 aromatic carbocycles. The number of esters is 1. The SMILES string of the molecule is COC(=O)c1ccccc1Nc1ccc(C(=O)NCc2ccccn2)nc1. The van der Waals surface area contributed by atoms with E-state index in [2.05, 4.69) is 20.6 Å². The molecule has 0 aliphatic heterocycles. The average Bonchev–Trinajstić information content (AvgIpc) is 2.73. The van der Waals surface area contributed by atoms with E-state index in [-0.39, 0.29) is 11.6 Å². The molecular weight excluding hydrogens is 344 g/mol. The molecule has 0 bridgehead atoms. The van der Waals surface area contributed by atoms with Crippen LogP contribution in [0.1, 0.15) is 26.5 Å². The molecule has 136 valence electrons. The number of carbonyl (C=O) groups is 2. The number of anilines is 2. The highest BCUT2D eigenvalue weighted by Gasteiger charge is 2.12. The van der Waals surface area contributed by atoms with Crippen LogP contribution < -0.4 is 10.6 Å². The fourth-order valence-corrected chi connectivity index (χ4v) is 2.40. The number of nitrogens with one attached hydrogen (secondary N) is 2. The van der Waals surface area contributed by atoms with Gasteiger partial charge in [-0.15, -0.1) is 0 Å². The van der Waals surface area contributed by atoms with E-state index in [0.717, 1.165) is 5.69 Å². The van der Waals surface area contributed by atoms with Gasteiger partial charge in [0.1, 0.15) is 5.69 Å². The number of hydrogen-bond donors (Lipinski definition) is 2. The highest BCUT2D eigenvalue weighted by atomic mass is 16.5. The number of para-hydroxylation sites is 1. The van der Waals surface area contributed by atoms with Crippen LogP contribution in [0.25, 0.3) is 0 Å². The van der Waals surface area contributed by atoms with E-state index in [1.807, 2.05) is 24.3 Å². The van der Waals surface area contributed by atoms with Gasteiger partial charge in [0.2, 0.25) is 0 Å². The lowest BCUT2D eigenvalue weighted by atomic mass is 10.1. The molecule has 7 nitrogen and oxygen atoms in total. The number of methoxy groups -OCH3 is 1. The first-order valence-electron chi connectivity index (χ1n) is 8.26. The number of amides is 1. The molecule has 0 fully saturated rings. The summed E-state index contributed by atoms with van der Waals surface area (Å²) in [6.07, 6.45) is 3.20. The van der Waals surface area contributed by atoms with E-state index < -0.39 is 5.97 Å². The van der Waals surface area contributed by atoms with E-state index in [4.69, 9.17) is 4.74 Å². The molecule has 7 heteroatoms. The summed E-state index contributed by atoms with van der Waals surface area (Å²) in [6, 6.07) is 15.8. The summed E-state index contributed by atoms with van der Waals surface area (Å²) in [5.74, 6) is -0.723. The van der Waals surface area contributed by atoms with E-state index in [9.17, 15) is 9.59 Å². The fraction of sp³-hybridized carbons (Fsp3) is 0.100. The van der Waals surface area contributed by atoms with Crippen molar-refractivity contribution >= 4 is 23.3 Å². The maximum absolute atomic E-state index is 12.2. The first-order chi connectivity index (χ1) is 13.2. The average molecular weight is 362 g/mol. The Bertz CT molecular complexity index is 927. The highest BCUT2D eigenvalue weighted by molar-refractivity contribution is 5.96. The van der Waals surface area contributed by atoms with Gasteiger partial charge in [0, 0.05) is 6.20 Å². The Balaban J connectivity index is 1.65. The molecule has 0 radical (unpaired) electrons. The van der Waals surface area contributed by atoms with Crippen molar-refractivity contribution in [2.45, 2.75) is 6.54 Å². The van der Waals surface area contributed by atoms with Crippen molar-refractivity contribution < 1.29 is 14.3 Å². The third-order valence-corrected chi connectivity index (χ3v) is 3.76. The highest BCUT2D eigenvalue weighted by Crippen LogP contribution is 2.21. The van der Waals surface area contributed by atoms with Crippen molar-refractivity contribution in [2.75, 3.05) is 12.4 Å². The molecule has 2 heterocycles. The van der Waals surface area contributed by atoms with Crippen molar-refractivity contribution in [3.63, 3.8) is 0 Å². The molecule has 0 unspecified atom stereocenters. The minimum absolute atomic E-state index is 0.290. The summed E-state index contributed by atoms with van der Waals surface area (Å²) >= 11 is 0. The molecule has 0 saturated carbocycles. The maximum Gasteiger partial charge on any atom is 0.339 e. The Hall–Kier alpha value is -3.74. The number of benzene rings is 1. The summed E-state index contributed by atoms with van der Waals surface area (Å²) < 4.78 is 4.78. The van der Waals surface area contributed by atoms with Crippen LogP contribution in [-0.2, 0) is 11.3 Å². The van der Waals surface area contributed by atoms with Crippen LogP contribution in [0.15, 0.2) is 67.0 Å². The summed E-state index contributed by atoms with van der Waals surface area (Å²) in [4.78, 5) is 32.3. The number of hydrogen-bond acceptors (Lipinski definition) is 6. The molecule has 27 heavy (non-hydrogen) atoms. The van der Waals surface area contributed by atoms with Gasteiger partial charge in [-0.1, -0.05) is 18.2 Å². The number of nitrogens with zero attached hydrogens (tertiary/aromatic N) is 2. The van der Waals surface area contributed by atoms with Gasteiger partial charge in [-0.25, -0.2) is 9.78 Å². The van der Waals surface area contributed by atoms with Gasteiger partial charge in [-0.05, 0) is 36.4 Å². The van der Waals surface area contributed by atoms with Gasteiger partial charge in [-0.3, -0.25) is 9.78 Å². The van der Waals surface area contributed by atoms with Crippen LogP contribution in [0.5, 0.6) is 0 Å². The van der Waals surface area contributed by atoms with Gasteiger partial charge in [0.25, 0.3) is 5.91 Å². The second-order valence-corrected chi connectivity index (χ2v) is 5.60. The molecule has 3 aromatic rings. The molecule has 0 atom stereocenters. The normalized spacial score (nSPS) is 10.1. The Morgan fingerprint density at radius 1 is 1.00 bits per heavy atom. The van der Waals surface area contributed by atoms with Crippen molar-refractivity contribution in [1.82, 2.24) is 15.3 Å². The van der Waals surface area contributed by atoms with Crippen LogP contribution >= 0.6 is 0 Å². The van der Waals surface area contributed by atoms with Gasteiger partial charge >= 0.3 is 5.97 Å². The topological polar surface area (TPSA) is 93.2 Å². The molecule has 2 N–H and O–H groups in total. The van der Waals surface area contributed by atoms with Gasteiger partial charge in [0.05, 0.1) is 42.5 Å². The predicted octanol–water partition coefficient (Wildman–Crippen LogP) is 2.94. The van der Waals surface area contributed by atoms with E-state index >= 15 is 0 Å². The molecular formula is C20H18N4O3. The number of ether oxygens (including phenoxy) is 1. The van der Waals surface area contributed by atoms with Gasteiger partial charge in [-0.2, -0.15) is 0 Å². The van der Waals surface area contributed by atoms with Crippen molar-refractivity contribution in [3.05, 3.63) is 83.9 Å². The molecule has 2 aromatic heterocycles. The zero-order valence-corrected chi connectivity index (χ0v) is 14.7. The van der Waals surface area contributed by atoms with Crippen LogP contribution in [-0.4, -0.2) is 29.0 Å². The second-order valence-electron chi connectivity index (χ2n) is 5.60. The number of pyridine rings is 2. The van der Waals surface area contributed by atoms with Crippen LogP contribution in [0, 0.1) is 0 Å². The van der Waals surface area contributed by atoms with E-state index in [0.29, 0.717) is 23.5 Å². The lowest BCUT2D eigenvalue weighted by Crippen LogP contribution is -2.24. The minimum atomic E-state index is -0.434. The zero-order chi connectivity index (χ0) is 19.1. The molecule has 0 saturated heterocycles. The fourth-order valence-electron chi connectivity index (χ4n) is 2.40. The van der Waals surface area contributed by atoms with Crippen LogP contribution in [0.2, 0.25) is 0 Å². The zero-order valence-electron chi connectivity index (χ0n) is 14.7. The van der Waals surface area contributed by atoms with Crippen molar-refractivity contribution in [2.24, 2.45) is 0 Å². The van der Waals surface area contributed by atoms with Crippen LogP contribution in [0.3, 0.4) is 0 Å². The van der Waals surface area contributed by atoms with Crippen LogP contribution in [0.4, 0.5) is 11.4 Å². The summed E-state index contributed by atoms with van der Waals surface area (Å²) in [6.45, 7) is 0.327. The standard InChI is InChI=1S/C20H18N4O3/c1-27-20(26)16-7-2-3-8-17(16)24-15-9-10-18(22-13-15)19(25)23-12-14-6-4-5-11-21-14/h2-11,13,24H,12H2,1H3,(H,23,25). The Morgan fingerprint density at radius 3 is 2.52 bits per heavy atom. The quantitative estimate of drug-likeness (QED) is 0.655. The van der Waals surface area contributed by atoms with E-state index in [1.54, 1.807) is 36.5 Å². The monoisotopic (exact) mass is 362 g/mol. The van der Waals surface area contributed by atoms with Crippen molar-refractivity contribution in [1.29, 1.82) is 0 Å². The Labute approximate surface area is 156 Å². The molecule has 1 amide bonds. The van der Waals surface area contributed by atoms with E-state index in [1.165, 1.54) is 13.3 Å². The number of aromatic nitrogens is 2. The lowest BCUT2D eigenvalue weighted by Gasteiger charge is -2.11. The summed E-state index contributed by atoms with van der Waals surface area (Å²) in [5, 5.41) is 5.88. The summed E-state index contributed by atoms with van der Waals surface area (Å²) in [5.41, 5.74) is 2.71. The minimum Gasteiger partial charge on any atom is -0.465 e. The Kier molecular flexibility index (Phi) is 5.73. The maximum atomic E-state index is 12.2. The molecule has 0 aliphatic carbocycles. The Morgan fingerprint density at radius 2 is 1.81 bits per heavy atom. The number of carbonyl (C=O) groups excluding carboxylic acids is 2. The first kappa shape index (κ1) is 18.1. The largest absolute Gasteiger partial charge is 0.465 e. The van der Waals surface area contributed by atoms with Crippen molar-refractivity contribution in [3.8, 4) is 0 Å². The predicted molar refractivity (Wildman–Crippen MR) is 101 cm³/mol. The van der Waals surface area contributed by atoms with Gasteiger partial charge in [0.15, 0.2) is 0 Å².